The van der Waals surface area contributed by atoms with Gasteiger partial charge in [-0.15, -0.1) is 0 Å². The number of hydrogen-bond acceptors (Lipinski definition) is 6. The van der Waals surface area contributed by atoms with Crippen molar-refractivity contribution in [3.05, 3.63) is 71.0 Å². The van der Waals surface area contributed by atoms with Crippen LogP contribution < -0.4 is 0 Å². The molecule has 2 aromatic heterocycles. The minimum atomic E-state index is -3.98. The van der Waals surface area contributed by atoms with E-state index in [0.717, 1.165) is 12.1 Å². The zero-order valence-corrected chi connectivity index (χ0v) is 20.1. The first kappa shape index (κ1) is 24.8. The number of carbonyl (C=O) groups excluding carboxylic acids is 1. The first-order valence-electron chi connectivity index (χ1n) is 11.0. The molecule has 0 spiro atoms. The van der Waals surface area contributed by atoms with Gasteiger partial charge in [0, 0.05) is 37.7 Å². The molecule has 0 radical (unpaired) electrons. The number of rotatable bonds is 7. The topological polar surface area (TPSA) is 96.9 Å². The summed E-state index contributed by atoms with van der Waals surface area (Å²) in [7, 11) is -2.29. The highest BCUT2D eigenvalue weighted by atomic mass is 32.2. The second kappa shape index (κ2) is 10.1. The van der Waals surface area contributed by atoms with Crippen molar-refractivity contribution in [3.8, 4) is 0 Å². The zero-order chi connectivity index (χ0) is 25.2. The van der Waals surface area contributed by atoms with Gasteiger partial charge in [-0.3, -0.25) is 4.79 Å². The van der Waals surface area contributed by atoms with Crippen molar-refractivity contribution in [1.82, 2.24) is 14.4 Å². The van der Waals surface area contributed by atoms with Gasteiger partial charge in [0.15, 0.2) is 10.7 Å². The van der Waals surface area contributed by atoms with E-state index in [1.165, 1.54) is 29.4 Å². The molecule has 0 saturated carbocycles. The molecule has 186 valence electrons. The number of halogens is 2. The summed E-state index contributed by atoms with van der Waals surface area (Å²) in [5.41, 5.74) is 0.238. The normalized spacial score (nSPS) is 15.7. The predicted molar refractivity (Wildman–Crippen MR) is 123 cm³/mol. The van der Waals surface area contributed by atoms with Crippen LogP contribution in [0.2, 0.25) is 0 Å². The molecular formula is C24H25F2N3O5S. The van der Waals surface area contributed by atoms with Crippen molar-refractivity contribution < 1.29 is 30.9 Å². The molecule has 11 heteroatoms. The summed E-state index contributed by atoms with van der Waals surface area (Å²) in [6, 6.07) is 6.62. The summed E-state index contributed by atoms with van der Waals surface area (Å²) < 4.78 is 65.7. The Labute approximate surface area is 201 Å². The maximum atomic E-state index is 13.9. The number of amides is 1. The minimum Gasteiger partial charge on any atom is -0.467 e. The minimum absolute atomic E-state index is 0.0531. The standard InChI is InChI=1S/C24H25F2N3O5S/c1-16-23(22(34-27-16)8-6-17-5-7-19(25)14-21(17)26)35(31,32)29-11-9-18(10-12-29)24(30)28(2)15-20-4-3-13-33-20/h3-8,13-14,18H,9-12,15H2,1-2H3. The second-order valence-electron chi connectivity index (χ2n) is 8.41. The van der Waals surface area contributed by atoms with Gasteiger partial charge in [0.1, 0.15) is 23.1 Å². The Morgan fingerprint density at radius 1 is 1.23 bits per heavy atom. The first-order chi connectivity index (χ1) is 16.7. The quantitative estimate of drug-likeness (QED) is 0.480. The van der Waals surface area contributed by atoms with Crippen LogP contribution in [0.3, 0.4) is 0 Å². The summed E-state index contributed by atoms with van der Waals surface area (Å²) in [5.74, 6) is -1.25. The fourth-order valence-corrected chi connectivity index (χ4v) is 5.82. The van der Waals surface area contributed by atoms with Crippen LogP contribution in [-0.2, 0) is 21.4 Å². The van der Waals surface area contributed by atoms with Gasteiger partial charge in [0.25, 0.3) is 0 Å². The van der Waals surface area contributed by atoms with Gasteiger partial charge < -0.3 is 13.8 Å². The highest BCUT2D eigenvalue weighted by Gasteiger charge is 2.36. The van der Waals surface area contributed by atoms with Crippen LogP contribution in [0.15, 0.2) is 50.4 Å². The number of carbonyl (C=O) groups is 1. The smallest absolute Gasteiger partial charge is 0.248 e. The number of hydrogen-bond donors (Lipinski definition) is 0. The molecule has 1 aliphatic rings. The fourth-order valence-electron chi connectivity index (χ4n) is 4.10. The number of sulfonamides is 1. The second-order valence-corrected chi connectivity index (χ2v) is 10.3. The van der Waals surface area contributed by atoms with Gasteiger partial charge in [-0.05, 0) is 56.2 Å². The number of benzene rings is 1. The van der Waals surface area contributed by atoms with E-state index < -0.39 is 21.7 Å². The molecule has 8 nitrogen and oxygen atoms in total. The molecular weight excluding hydrogens is 480 g/mol. The average molecular weight is 506 g/mol. The highest BCUT2D eigenvalue weighted by molar-refractivity contribution is 7.89. The summed E-state index contributed by atoms with van der Waals surface area (Å²) in [4.78, 5) is 14.3. The molecule has 1 aliphatic heterocycles. The lowest BCUT2D eigenvalue weighted by atomic mass is 9.96. The lowest BCUT2D eigenvalue weighted by Gasteiger charge is -2.32. The lowest BCUT2D eigenvalue weighted by molar-refractivity contribution is -0.136. The number of piperidine rings is 1. The Kier molecular flexibility index (Phi) is 7.18. The molecule has 3 heterocycles. The molecule has 0 aliphatic carbocycles. The summed E-state index contributed by atoms with van der Waals surface area (Å²) in [5, 5.41) is 3.77. The molecule has 0 N–H and O–H groups in total. The Morgan fingerprint density at radius 2 is 1.97 bits per heavy atom. The van der Waals surface area contributed by atoms with Crippen LogP contribution in [0.1, 0.15) is 35.6 Å². The average Bonchev–Trinajstić information content (AvgIpc) is 3.47. The van der Waals surface area contributed by atoms with E-state index in [9.17, 15) is 22.0 Å². The first-order valence-corrected chi connectivity index (χ1v) is 12.5. The summed E-state index contributed by atoms with van der Waals surface area (Å²) >= 11 is 0. The number of nitrogens with zero attached hydrogens (tertiary/aromatic N) is 3. The number of aromatic nitrogens is 1. The molecule has 35 heavy (non-hydrogen) atoms. The molecule has 0 bridgehead atoms. The van der Waals surface area contributed by atoms with Crippen molar-refractivity contribution in [1.29, 1.82) is 0 Å². The van der Waals surface area contributed by atoms with Crippen LogP contribution in [0, 0.1) is 24.5 Å². The SMILES string of the molecule is Cc1noc(C=Cc2ccc(F)cc2F)c1S(=O)(=O)N1CCC(C(=O)N(C)Cc2ccco2)CC1. The molecule has 1 amide bonds. The third kappa shape index (κ3) is 5.35. The summed E-state index contributed by atoms with van der Waals surface area (Å²) in [6.45, 7) is 2.17. The maximum absolute atomic E-state index is 13.9. The molecule has 1 fully saturated rings. The van der Waals surface area contributed by atoms with Gasteiger partial charge in [-0.25, -0.2) is 17.2 Å². The van der Waals surface area contributed by atoms with Crippen molar-refractivity contribution in [2.45, 2.75) is 31.2 Å². The van der Waals surface area contributed by atoms with E-state index in [1.807, 2.05) is 0 Å². The van der Waals surface area contributed by atoms with E-state index in [2.05, 4.69) is 5.16 Å². The largest absolute Gasteiger partial charge is 0.467 e. The van der Waals surface area contributed by atoms with Crippen molar-refractivity contribution >= 4 is 28.1 Å². The van der Waals surface area contributed by atoms with Crippen LogP contribution in [-0.4, -0.2) is 48.8 Å². The monoisotopic (exact) mass is 505 g/mol. The van der Waals surface area contributed by atoms with E-state index in [4.69, 9.17) is 8.94 Å². The number of aryl methyl sites for hydroxylation is 1. The Balaban J connectivity index is 1.46. The Morgan fingerprint density at radius 3 is 2.63 bits per heavy atom. The molecule has 1 saturated heterocycles. The van der Waals surface area contributed by atoms with Crippen molar-refractivity contribution in [2.24, 2.45) is 5.92 Å². The van der Waals surface area contributed by atoms with E-state index in [-0.39, 0.29) is 46.8 Å². The third-order valence-electron chi connectivity index (χ3n) is 5.96. The fraction of sp³-hybridized carbons (Fsp3) is 0.333. The molecule has 3 aromatic rings. The van der Waals surface area contributed by atoms with Crippen molar-refractivity contribution in [3.63, 3.8) is 0 Å². The number of furan rings is 1. The van der Waals surface area contributed by atoms with Gasteiger partial charge in [-0.1, -0.05) is 5.16 Å². The lowest BCUT2D eigenvalue weighted by Crippen LogP contribution is -2.43. The van der Waals surface area contributed by atoms with E-state index in [1.54, 1.807) is 30.3 Å². The maximum Gasteiger partial charge on any atom is 0.248 e. The van der Waals surface area contributed by atoms with Gasteiger partial charge in [-0.2, -0.15) is 4.31 Å². The van der Waals surface area contributed by atoms with Crippen molar-refractivity contribution in [2.75, 3.05) is 20.1 Å². The van der Waals surface area contributed by atoms with Crippen LogP contribution in [0.5, 0.6) is 0 Å². The van der Waals surface area contributed by atoms with Gasteiger partial charge in [0.05, 0.1) is 12.8 Å². The Hall–Kier alpha value is -3.31. The highest BCUT2D eigenvalue weighted by Crippen LogP contribution is 2.30. The molecule has 0 atom stereocenters. The predicted octanol–water partition coefficient (Wildman–Crippen LogP) is 4.08. The zero-order valence-electron chi connectivity index (χ0n) is 19.3. The Bertz CT molecular complexity index is 1330. The third-order valence-corrected chi connectivity index (χ3v) is 8.02. The van der Waals surface area contributed by atoms with E-state index >= 15 is 0 Å². The van der Waals surface area contributed by atoms with Gasteiger partial charge in [0.2, 0.25) is 15.9 Å². The van der Waals surface area contributed by atoms with Crippen LogP contribution in [0.4, 0.5) is 8.78 Å². The van der Waals surface area contributed by atoms with Crippen LogP contribution >= 0.6 is 0 Å². The molecule has 4 rings (SSSR count). The van der Waals surface area contributed by atoms with Crippen LogP contribution in [0.25, 0.3) is 12.2 Å². The molecule has 0 unspecified atom stereocenters. The van der Waals surface area contributed by atoms with Gasteiger partial charge >= 0.3 is 0 Å². The van der Waals surface area contributed by atoms with E-state index in [0.29, 0.717) is 25.1 Å². The summed E-state index contributed by atoms with van der Waals surface area (Å²) in [6.07, 6.45) is 4.88. The molecule has 1 aromatic carbocycles.